The van der Waals surface area contributed by atoms with E-state index >= 15 is 0 Å². The van der Waals surface area contributed by atoms with E-state index in [9.17, 15) is 13.6 Å². The molecule has 1 aromatic carbocycles. The third kappa shape index (κ3) is 2.68. The molecular weight excluding hydrogens is 216 g/mol. The second kappa shape index (κ2) is 4.92. The minimum Gasteiger partial charge on any atom is -0.494 e. The van der Waals surface area contributed by atoms with Gasteiger partial charge in [0.05, 0.1) is 12.8 Å². The molecule has 0 saturated heterocycles. The van der Waals surface area contributed by atoms with Crippen LogP contribution >= 0.6 is 0 Å². The molecule has 0 atom stereocenters. The zero-order valence-electron chi connectivity index (χ0n) is 9.30. The quantitative estimate of drug-likeness (QED) is 0.865. The Bertz CT molecular complexity index is 405. The number of carbonyl (C=O) groups is 1. The minimum atomic E-state index is -0.729. The van der Waals surface area contributed by atoms with Crippen molar-refractivity contribution in [2.75, 3.05) is 12.4 Å². The highest BCUT2D eigenvalue weighted by Crippen LogP contribution is 2.24. The SMILES string of the molecule is COc1cc(F)c(NC(=O)C(C)C)cc1F. The third-order valence-corrected chi connectivity index (χ3v) is 2.02. The molecule has 1 N–H and O–H groups in total. The number of anilines is 1. The van der Waals surface area contributed by atoms with Crippen LogP contribution in [0.25, 0.3) is 0 Å². The van der Waals surface area contributed by atoms with Gasteiger partial charge in [-0.05, 0) is 0 Å². The molecule has 0 unspecified atom stereocenters. The van der Waals surface area contributed by atoms with Crippen LogP contribution in [-0.2, 0) is 4.79 Å². The number of nitrogens with one attached hydrogen (secondary N) is 1. The standard InChI is InChI=1S/C11H13F2NO2/c1-6(2)11(15)14-9-4-8(13)10(16-3)5-7(9)12/h4-6H,1-3H3,(H,14,15). The van der Waals surface area contributed by atoms with Gasteiger partial charge in [-0.2, -0.15) is 0 Å². The van der Waals surface area contributed by atoms with E-state index in [4.69, 9.17) is 0 Å². The van der Waals surface area contributed by atoms with Crippen molar-refractivity contribution in [3.8, 4) is 5.75 Å². The van der Waals surface area contributed by atoms with Crippen LogP contribution in [0.15, 0.2) is 12.1 Å². The van der Waals surface area contributed by atoms with Crippen LogP contribution in [0.1, 0.15) is 13.8 Å². The Morgan fingerprint density at radius 1 is 1.31 bits per heavy atom. The number of hydrogen-bond donors (Lipinski definition) is 1. The lowest BCUT2D eigenvalue weighted by Gasteiger charge is -2.10. The van der Waals surface area contributed by atoms with Gasteiger partial charge in [0, 0.05) is 18.1 Å². The molecule has 0 aromatic heterocycles. The molecule has 88 valence electrons. The van der Waals surface area contributed by atoms with Crippen molar-refractivity contribution in [1.29, 1.82) is 0 Å². The van der Waals surface area contributed by atoms with E-state index in [1.165, 1.54) is 7.11 Å². The van der Waals surface area contributed by atoms with Crippen LogP contribution in [-0.4, -0.2) is 13.0 Å². The number of rotatable bonds is 3. The first kappa shape index (κ1) is 12.4. The predicted octanol–water partition coefficient (Wildman–Crippen LogP) is 2.57. The van der Waals surface area contributed by atoms with Crippen molar-refractivity contribution in [2.45, 2.75) is 13.8 Å². The molecule has 3 nitrogen and oxygen atoms in total. The van der Waals surface area contributed by atoms with E-state index in [-0.39, 0.29) is 23.3 Å². The average Bonchev–Trinajstić information content (AvgIpc) is 2.22. The van der Waals surface area contributed by atoms with E-state index in [1.807, 2.05) is 0 Å². The summed E-state index contributed by atoms with van der Waals surface area (Å²) < 4.78 is 31.2. The predicted molar refractivity (Wildman–Crippen MR) is 56.4 cm³/mol. The molecule has 0 fully saturated rings. The lowest BCUT2D eigenvalue weighted by Crippen LogP contribution is -2.18. The van der Waals surface area contributed by atoms with Gasteiger partial charge in [0.2, 0.25) is 5.91 Å². The monoisotopic (exact) mass is 229 g/mol. The molecule has 1 amide bonds. The van der Waals surface area contributed by atoms with Gasteiger partial charge in [0.15, 0.2) is 17.4 Å². The van der Waals surface area contributed by atoms with Gasteiger partial charge in [0.25, 0.3) is 0 Å². The number of hydrogen-bond acceptors (Lipinski definition) is 2. The van der Waals surface area contributed by atoms with Crippen molar-refractivity contribution in [3.05, 3.63) is 23.8 Å². The maximum absolute atomic E-state index is 13.4. The first-order valence-corrected chi connectivity index (χ1v) is 4.79. The summed E-state index contributed by atoms with van der Waals surface area (Å²) in [5.74, 6) is -2.32. The fraction of sp³-hybridized carbons (Fsp3) is 0.364. The summed E-state index contributed by atoms with van der Waals surface area (Å²) in [6, 6.07) is 1.79. The van der Waals surface area contributed by atoms with Gasteiger partial charge < -0.3 is 10.1 Å². The molecule has 0 spiro atoms. The topological polar surface area (TPSA) is 38.3 Å². The number of carbonyl (C=O) groups excluding carboxylic acids is 1. The van der Waals surface area contributed by atoms with Crippen LogP contribution in [0, 0.1) is 17.6 Å². The maximum Gasteiger partial charge on any atom is 0.227 e. The summed E-state index contributed by atoms with van der Waals surface area (Å²) in [5.41, 5.74) is -0.183. The summed E-state index contributed by atoms with van der Waals surface area (Å²) in [7, 11) is 1.24. The van der Waals surface area contributed by atoms with Gasteiger partial charge in [-0.1, -0.05) is 13.8 Å². The Morgan fingerprint density at radius 3 is 2.44 bits per heavy atom. The summed E-state index contributed by atoms with van der Waals surface area (Å²) >= 11 is 0. The summed E-state index contributed by atoms with van der Waals surface area (Å²) in [6.07, 6.45) is 0. The van der Waals surface area contributed by atoms with Crippen LogP contribution in [0.4, 0.5) is 14.5 Å². The molecule has 0 aliphatic heterocycles. The number of methoxy groups -OCH3 is 1. The van der Waals surface area contributed by atoms with Gasteiger partial charge in [0.1, 0.15) is 0 Å². The fourth-order valence-electron chi connectivity index (χ4n) is 1.06. The number of ether oxygens (including phenoxy) is 1. The first-order valence-electron chi connectivity index (χ1n) is 4.79. The Morgan fingerprint density at radius 2 is 1.94 bits per heavy atom. The molecule has 0 saturated carbocycles. The Kier molecular flexibility index (Phi) is 3.82. The third-order valence-electron chi connectivity index (χ3n) is 2.02. The molecule has 0 heterocycles. The fourth-order valence-corrected chi connectivity index (χ4v) is 1.06. The Hall–Kier alpha value is -1.65. The van der Waals surface area contributed by atoms with Gasteiger partial charge in [-0.3, -0.25) is 4.79 Å². The zero-order valence-corrected chi connectivity index (χ0v) is 9.30. The van der Waals surface area contributed by atoms with Gasteiger partial charge >= 0.3 is 0 Å². The molecule has 1 rings (SSSR count). The highest BCUT2D eigenvalue weighted by atomic mass is 19.1. The largest absolute Gasteiger partial charge is 0.494 e. The Labute approximate surface area is 92.4 Å². The number of halogens is 2. The molecule has 1 aromatic rings. The molecule has 16 heavy (non-hydrogen) atoms. The molecule has 0 radical (unpaired) electrons. The molecular formula is C11H13F2NO2. The average molecular weight is 229 g/mol. The van der Waals surface area contributed by atoms with E-state index in [0.717, 1.165) is 12.1 Å². The van der Waals surface area contributed by atoms with Crippen LogP contribution in [0.5, 0.6) is 5.75 Å². The molecule has 0 bridgehead atoms. The van der Waals surface area contributed by atoms with E-state index in [0.29, 0.717) is 0 Å². The highest BCUT2D eigenvalue weighted by Gasteiger charge is 2.14. The number of benzene rings is 1. The van der Waals surface area contributed by atoms with Crippen molar-refractivity contribution in [2.24, 2.45) is 5.92 Å². The zero-order chi connectivity index (χ0) is 12.3. The van der Waals surface area contributed by atoms with Crippen LogP contribution in [0.3, 0.4) is 0 Å². The maximum atomic E-state index is 13.4. The second-order valence-corrected chi connectivity index (χ2v) is 3.61. The van der Waals surface area contributed by atoms with E-state index in [2.05, 4.69) is 10.1 Å². The lowest BCUT2D eigenvalue weighted by molar-refractivity contribution is -0.118. The second-order valence-electron chi connectivity index (χ2n) is 3.61. The van der Waals surface area contributed by atoms with Crippen molar-refractivity contribution in [1.82, 2.24) is 0 Å². The first-order chi connectivity index (χ1) is 7.45. The van der Waals surface area contributed by atoms with E-state index < -0.39 is 11.6 Å². The summed E-state index contributed by atoms with van der Waals surface area (Å²) in [4.78, 5) is 11.3. The molecule has 0 aliphatic carbocycles. The van der Waals surface area contributed by atoms with E-state index in [1.54, 1.807) is 13.8 Å². The number of amides is 1. The van der Waals surface area contributed by atoms with Gasteiger partial charge in [-0.15, -0.1) is 0 Å². The van der Waals surface area contributed by atoms with Crippen LogP contribution < -0.4 is 10.1 Å². The van der Waals surface area contributed by atoms with Crippen molar-refractivity contribution >= 4 is 11.6 Å². The highest BCUT2D eigenvalue weighted by molar-refractivity contribution is 5.92. The smallest absolute Gasteiger partial charge is 0.227 e. The van der Waals surface area contributed by atoms with Gasteiger partial charge in [-0.25, -0.2) is 8.78 Å². The molecule has 5 heteroatoms. The van der Waals surface area contributed by atoms with Crippen molar-refractivity contribution < 1.29 is 18.3 Å². The lowest BCUT2D eigenvalue weighted by atomic mass is 10.2. The summed E-state index contributed by atoms with van der Waals surface area (Å²) in [6.45, 7) is 3.32. The molecule has 0 aliphatic rings. The minimum absolute atomic E-state index is 0.183. The van der Waals surface area contributed by atoms with Crippen LogP contribution in [0.2, 0.25) is 0 Å². The Balaban J connectivity index is 2.98. The normalized spacial score (nSPS) is 10.4. The van der Waals surface area contributed by atoms with Crippen molar-refractivity contribution in [3.63, 3.8) is 0 Å². The summed E-state index contributed by atoms with van der Waals surface area (Å²) in [5, 5.41) is 2.29.